The average Bonchev–Trinajstić information content (AvgIpc) is 1.98. The summed E-state index contributed by atoms with van der Waals surface area (Å²) in [6.45, 7) is 9.26. The number of rotatable bonds is 2. The van der Waals surface area contributed by atoms with Gasteiger partial charge in [0.1, 0.15) is 0 Å². The lowest BCUT2D eigenvalue weighted by Gasteiger charge is -2.35. The van der Waals surface area contributed by atoms with E-state index < -0.39 is 0 Å². The zero-order chi connectivity index (χ0) is 9.14. The summed E-state index contributed by atoms with van der Waals surface area (Å²) in [6.07, 6.45) is 4.22. The SMILES string of the molecule is CC(C)N[C@@H]1CCC[C@H](C)[C@@H]1C. The molecule has 0 bridgehead atoms. The second-order valence-electron chi connectivity index (χ2n) is 4.70. The Bertz CT molecular complexity index is 131. The molecule has 12 heavy (non-hydrogen) atoms. The Morgan fingerprint density at radius 2 is 1.83 bits per heavy atom. The first-order valence-corrected chi connectivity index (χ1v) is 5.37. The molecule has 0 aromatic heterocycles. The predicted octanol–water partition coefficient (Wildman–Crippen LogP) is 2.81. The first-order valence-electron chi connectivity index (χ1n) is 5.37. The van der Waals surface area contributed by atoms with Gasteiger partial charge in [0.25, 0.3) is 0 Å². The van der Waals surface area contributed by atoms with Crippen LogP contribution in [0.25, 0.3) is 0 Å². The summed E-state index contributed by atoms with van der Waals surface area (Å²) in [5.41, 5.74) is 0. The van der Waals surface area contributed by atoms with Crippen molar-refractivity contribution in [3.63, 3.8) is 0 Å². The molecule has 0 radical (unpaired) electrons. The molecule has 0 unspecified atom stereocenters. The summed E-state index contributed by atoms with van der Waals surface area (Å²) < 4.78 is 0. The standard InChI is InChI=1S/C11H23N/c1-8(2)12-11-7-5-6-9(3)10(11)4/h8-12H,5-7H2,1-4H3/t9-,10-,11+/m0/s1. The van der Waals surface area contributed by atoms with Crippen molar-refractivity contribution in [3.05, 3.63) is 0 Å². The van der Waals surface area contributed by atoms with Crippen molar-refractivity contribution in [2.24, 2.45) is 11.8 Å². The predicted molar refractivity (Wildman–Crippen MR) is 54.2 cm³/mol. The molecule has 1 aliphatic carbocycles. The molecule has 0 aliphatic heterocycles. The van der Waals surface area contributed by atoms with Crippen molar-refractivity contribution >= 4 is 0 Å². The van der Waals surface area contributed by atoms with Gasteiger partial charge in [0.2, 0.25) is 0 Å². The van der Waals surface area contributed by atoms with Crippen LogP contribution in [0.3, 0.4) is 0 Å². The molecule has 1 nitrogen and oxygen atoms in total. The third-order valence-corrected chi connectivity index (χ3v) is 3.25. The molecule has 0 spiro atoms. The number of hydrogen-bond acceptors (Lipinski definition) is 1. The van der Waals surface area contributed by atoms with E-state index in [1.165, 1.54) is 19.3 Å². The van der Waals surface area contributed by atoms with E-state index in [0.29, 0.717) is 6.04 Å². The zero-order valence-corrected chi connectivity index (χ0v) is 8.93. The van der Waals surface area contributed by atoms with Gasteiger partial charge in [0.05, 0.1) is 0 Å². The molecule has 0 saturated heterocycles. The normalized spacial score (nSPS) is 37.2. The van der Waals surface area contributed by atoms with E-state index in [1.807, 2.05) is 0 Å². The minimum Gasteiger partial charge on any atom is -0.312 e. The van der Waals surface area contributed by atoms with Gasteiger partial charge in [-0.1, -0.05) is 40.5 Å². The van der Waals surface area contributed by atoms with E-state index >= 15 is 0 Å². The van der Waals surface area contributed by atoms with Crippen LogP contribution in [0.15, 0.2) is 0 Å². The van der Waals surface area contributed by atoms with Crippen molar-refractivity contribution in [3.8, 4) is 0 Å². The van der Waals surface area contributed by atoms with Crippen LogP contribution >= 0.6 is 0 Å². The van der Waals surface area contributed by atoms with Crippen molar-refractivity contribution in [1.29, 1.82) is 0 Å². The Labute approximate surface area is 76.9 Å². The highest BCUT2D eigenvalue weighted by atomic mass is 14.9. The maximum Gasteiger partial charge on any atom is 0.00975 e. The highest BCUT2D eigenvalue weighted by Crippen LogP contribution is 2.29. The van der Waals surface area contributed by atoms with Gasteiger partial charge in [0, 0.05) is 12.1 Å². The Morgan fingerprint density at radius 3 is 2.42 bits per heavy atom. The molecule has 1 aliphatic rings. The lowest BCUT2D eigenvalue weighted by atomic mass is 9.78. The molecule has 0 aromatic rings. The quantitative estimate of drug-likeness (QED) is 0.670. The lowest BCUT2D eigenvalue weighted by Crippen LogP contribution is -2.43. The van der Waals surface area contributed by atoms with E-state index in [0.717, 1.165) is 17.9 Å². The highest BCUT2D eigenvalue weighted by molar-refractivity contribution is 4.82. The van der Waals surface area contributed by atoms with Gasteiger partial charge in [0.15, 0.2) is 0 Å². The molecular formula is C11H23N. The zero-order valence-electron chi connectivity index (χ0n) is 8.93. The summed E-state index contributed by atoms with van der Waals surface area (Å²) in [5.74, 6) is 1.77. The summed E-state index contributed by atoms with van der Waals surface area (Å²) in [4.78, 5) is 0. The maximum absolute atomic E-state index is 3.66. The second kappa shape index (κ2) is 4.27. The van der Waals surface area contributed by atoms with Crippen molar-refractivity contribution in [2.75, 3.05) is 0 Å². The summed E-state index contributed by atoms with van der Waals surface area (Å²) in [5, 5.41) is 3.66. The van der Waals surface area contributed by atoms with E-state index in [9.17, 15) is 0 Å². The Balaban J connectivity index is 2.41. The largest absolute Gasteiger partial charge is 0.312 e. The van der Waals surface area contributed by atoms with Crippen LogP contribution in [0.1, 0.15) is 47.0 Å². The molecule has 0 aromatic carbocycles. The second-order valence-corrected chi connectivity index (χ2v) is 4.70. The van der Waals surface area contributed by atoms with Crippen LogP contribution in [-0.4, -0.2) is 12.1 Å². The van der Waals surface area contributed by atoms with Crippen molar-refractivity contribution in [1.82, 2.24) is 5.32 Å². The van der Waals surface area contributed by atoms with Gasteiger partial charge in [-0.25, -0.2) is 0 Å². The maximum atomic E-state index is 3.66. The number of hydrogen-bond donors (Lipinski definition) is 1. The third kappa shape index (κ3) is 2.48. The van der Waals surface area contributed by atoms with Crippen molar-refractivity contribution in [2.45, 2.75) is 59.0 Å². The average molecular weight is 169 g/mol. The Morgan fingerprint density at radius 1 is 1.17 bits per heavy atom. The van der Waals surface area contributed by atoms with E-state index in [2.05, 4.69) is 33.0 Å². The van der Waals surface area contributed by atoms with Gasteiger partial charge >= 0.3 is 0 Å². The van der Waals surface area contributed by atoms with E-state index in [1.54, 1.807) is 0 Å². The molecule has 1 heteroatoms. The van der Waals surface area contributed by atoms with Gasteiger partial charge in [-0.3, -0.25) is 0 Å². The first-order chi connectivity index (χ1) is 5.61. The molecule has 3 atom stereocenters. The fourth-order valence-electron chi connectivity index (χ4n) is 2.25. The topological polar surface area (TPSA) is 12.0 Å². The molecular weight excluding hydrogens is 146 g/mol. The molecule has 0 heterocycles. The van der Waals surface area contributed by atoms with E-state index in [4.69, 9.17) is 0 Å². The smallest absolute Gasteiger partial charge is 0.00975 e. The van der Waals surface area contributed by atoms with Crippen LogP contribution in [0.5, 0.6) is 0 Å². The minimum absolute atomic E-state index is 0.641. The Hall–Kier alpha value is -0.0400. The molecule has 0 amide bonds. The highest BCUT2D eigenvalue weighted by Gasteiger charge is 2.26. The molecule has 1 N–H and O–H groups in total. The van der Waals surface area contributed by atoms with Crippen LogP contribution < -0.4 is 5.32 Å². The van der Waals surface area contributed by atoms with Gasteiger partial charge in [-0.15, -0.1) is 0 Å². The summed E-state index contributed by atoms with van der Waals surface area (Å²) in [7, 11) is 0. The van der Waals surface area contributed by atoms with Crippen molar-refractivity contribution < 1.29 is 0 Å². The fraction of sp³-hybridized carbons (Fsp3) is 1.00. The van der Waals surface area contributed by atoms with E-state index in [-0.39, 0.29) is 0 Å². The fourth-order valence-corrected chi connectivity index (χ4v) is 2.25. The van der Waals surface area contributed by atoms with Gasteiger partial charge in [-0.2, -0.15) is 0 Å². The van der Waals surface area contributed by atoms with Gasteiger partial charge in [-0.05, 0) is 18.3 Å². The van der Waals surface area contributed by atoms with Crippen LogP contribution in [0, 0.1) is 11.8 Å². The van der Waals surface area contributed by atoms with Gasteiger partial charge < -0.3 is 5.32 Å². The molecule has 1 saturated carbocycles. The first kappa shape index (κ1) is 10.0. The van der Waals surface area contributed by atoms with Crippen LogP contribution in [0.4, 0.5) is 0 Å². The van der Waals surface area contributed by atoms with Crippen LogP contribution in [-0.2, 0) is 0 Å². The van der Waals surface area contributed by atoms with Crippen LogP contribution in [0.2, 0.25) is 0 Å². The number of nitrogens with one attached hydrogen (secondary N) is 1. The summed E-state index contributed by atoms with van der Waals surface area (Å²) >= 11 is 0. The Kier molecular flexibility index (Phi) is 3.57. The molecule has 72 valence electrons. The molecule has 1 rings (SSSR count). The third-order valence-electron chi connectivity index (χ3n) is 3.25. The molecule has 1 fully saturated rings. The minimum atomic E-state index is 0.641. The lowest BCUT2D eigenvalue weighted by molar-refractivity contribution is 0.198. The summed E-state index contributed by atoms with van der Waals surface area (Å²) in [6, 6.07) is 1.41. The monoisotopic (exact) mass is 169 g/mol.